The Kier molecular flexibility index (Phi) is 4.49. The molecule has 110 valence electrons. The Bertz CT molecular complexity index is 476. The van der Waals surface area contributed by atoms with Gasteiger partial charge in [-0.25, -0.2) is 0 Å². The van der Waals surface area contributed by atoms with E-state index >= 15 is 0 Å². The quantitative estimate of drug-likeness (QED) is 0.907. The van der Waals surface area contributed by atoms with Crippen LogP contribution >= 0.6 is 23.4 Å². The molecule has 1 heterocycles. The van der Waals surface area contributed by atoms with Crippen LogP contribution in [0.1, 0.15) is 32.3 Å². The number of benzene rings is 1. The molecule has 1 N–H and O–H groups in total. The van der Waals surface area contributed by atoms with Gasteiger partial charge in [0.1, 0.15) is 0 Å². The van der Waals surface area contributed by atoms with Crippen LogP contribution in [0.3, 0.4) is 0 Å². The van der Waals surface area contributed by atoms with E-state index in [4.69, 9.17) is 11.6 Å². The third-order valence-electron chi connectivity index (χ3n) is 4.38. The molecule has 2 fully saturated rings. The van der Waals surface area contributed by atoms with Gasteiger partial charge in [0, 0.05) is 36.2 Å². The van der Waals surface area contributed by atoms with Crippen molar-refractivity contribution in [2.24, 2.45) is 0 Å². The Balaban J connectivity index is 1.72. The molecule has 3 rings (SSSR count). The Morgan fingerprint density at radius 1 is 1.35 bits per heavy atom. The summed E-state index contributed by atoms with van der Waals surface area (Å²) in [6.07, 6.45) is 2.65. The van der Waals surface area contributed by atoms with Gasteiger partial charge in [0.15, 0.2) is 0 Å². The maximum absolute atomic E-state index is 6.53. The number of nitrogens with one attached hydrogen (secondary N) is 1. The van der Waals surface area contributed by atoms with E-state index < -0.39 is 0 Å². The summed E-state index contributed by atoms with van der Waals surface area (Å²) < 4.78 is 0. The van der Waals surface area contributed by atoms with Gasteiger partial charge in [0.05, 0.1) is 10.7 Å². The molecule has 0 amide bonds. The molecule has 1 aromatic rings. The standard InChI is InChI=1S/C16H23ClN2S/c1-11-12(2)20-8-7-19(11)16-6-3-13(9-15(16)17)10-18-14-4-5-14/h3,6,9,11-12,14,18H,4-5,7-8,10H2,1-2H3. The summed E-state index contributed by atoms with van der Waals surface area (Å²) in [6, 6.07) is 7.84. The fraction of sp³-hybridized carbons (Fsp3) is 0.625. The Hall–Kier alpha value is -0.380. The minimum absolute atomic E-state index is 0.543. The lowest BCUT2D eigenvalue weighted by molar-refractivity contribution is 0.627. The smallest absolute Gasteiger partial charge is 0.0642 e. The molecular weight excluding hydrogens is 288 g/mol. The second-order valence-corrected chi connectivity index (χ2v) is 7.84. The first-order chi connectivity index (χ1) is 9.65. The zero-order valence-electron chi connectivity index (χ0n) is 12.2. The molecule has 2 atom stereocenters. The first-order valence-corrected chi connectivity index (χ1v) is 8.98. The number of anilines is 1. The highest BCUT2D eigenvalue weighted by molar-refractivity contribution is 8.00. The first kappa shape index (κ1) is 14.6. The van der Waals surface area contributed by atoms with Gasteiger partial charge in [-0.2, -0.15) is 11.8 Å². The molecule has 1 saturated carbocycles. The van der Waals surface area contributed by atoms with Crippen molar-refractivity contribution < 1.29 is 0 Å². The molecule has 0 bridgehead atoms. The van der Waals surface area contributed by atoms with Crippen LogP contribution in [0.2, 0.25) is 5.02 Å². The van der Waals surface area contributed by atoms with Crippen molar-refractivity contribution in [3.63, 3.8) is 0 Å². The Labute approximate surface area is 131 Å². The average Bonchev–Trinajstić information content (AvgIpc) is 3.24. The van der Waals surface area contributed by atoms with E-state index in [1.54, 1.807) is 0 Å². The number of rotatable bonds is 4. The van der Waals surface area contributed by atoms with Crippen LogP contribution in [0.15, 0.2) is 18.2 Å². The second-order valence-electron chi connectivity index (χ2n) is 5.95. The van der Waals surface area contributed by atoms with E-state index in [2.05, 4.69) is 54.0 Å². The summed E-state index contributed by atoms with van der Waals surface area (Å²) in [5.41, 5.74) is 2.49. The van der Waals surface area contributed by atoms with Crippen molar-refractivity contribution in [3.8, 4) is 0 Å². The fourth-order valence-electron chi connectivity index (χ4n) is 2.72. The molecule has 0 aromatic heterocycles. The second kappa shape index (κ2) is 6.17. The van der Waals surface area contributed by atoms with Gasteiger partial charge < -0.3 is 10.2 Å². The molecule has 4 heteroatoms. The van der Waals surface area contributed by atoms with Crippen LogP contribution in [0, 0.1) is 0 Å². The van der Waals surface area contributed by atoms with Gasteiger partial charge in [-0.15, -0.1) is 0 Å². The summed E-state index contributed by atoms with van der Waals surface area (Å²) in [5.74, 6) is 1.19. The topological polar surface area (TPSA) is 15.3 Å². The third-order valence-corrected chi connectivity index (χ3v) is 6.02. The SMILES string of the molecule is CC1SCCN(c2ccc(CNC3CC3)cc2Cl)C1C. The van der Waals surface area contributed by atoms with Crippen molar-refractivity contribution in [3.05, 3.63) is 28.8 Å². The predicted octanol–water partition coefficient (Wildman–Crippen LogP) is 3.92. The molecule has 1 saturated heterocycles. The molecule has 1 aliphatic carbocycles. The van der Waals surface area contributed by atoms with Gasteiger partial charge in [-0.05, 0) is 37.5 Å². The van der Waals surface area contributed by atoms with Crippen molar-refractivity contribution in [1.82, 2.24) is 5.32 Å². The zero-order valence-corrected chi connectivity index (χ0v) is 13.8. The summed E-state index contributed by atoms with van der Waals surface area (Å²) in [5, 5.41) is 5.10. The van der Waals surface area contributed by atoms with E-state index in [1.807, 2.05) is 0 Å². The van der Waals surface area contributed by atoms with E-state index in [0.717, 1.165) is 24.2 Å². The largest absolute Gasteiger partial charge is 0.366 e. The lowest BCUT2D eigenvalue weighted by Crippen LogP contribution is -2.44. The molecule has 0 spiro atoms. The third kappa shape index (κ3) is 3.26. The van der Waals surface area contributed by atoms with Gasteiger partial charge >= 0.3 is 0 Å². The maximum Gasteiger partial charge on any atom is 0.0642 e. The fourth-order valence-corrected chi connectivity index (χ4v) is 4.13. The monoisotopic (exact) mass is 310 g/mol. The van der Waals surface area contributed by atoms with E-state index in [9.17, 15) is 0 Å². The van der Waals surface area contributed by atoms with Crippen LogP contribution in [-0.2, 0) is 6.54 Å². The number of hydrogen-bond donors (Lipinski definition) is 1. The van der Waals surface area contributed by atoms with Crippen molar-refractivity contribution in [1.29, 1.82) is 0 Å². The minimum Gasteiger partial charge on any atom is -0.366 e. The molecule has 2 unspecified atom stereocenters. The van der Waals surface area contributed by atoms with Gasteiger partial charge in [0.25, 0.3) is 0 Å². The number of thioether (sulfide) groups is 1. The molecule has 20 heavy (non-hydrogen) atoms. The molecule has 2 aliphatic rings. The van der Waals surface area contributed by atoms with Crippen LogP contribution in [0.5, 0.6) is 0 Å². The Morgan fingerprint density at radius 3 is 2.85 bits per heavy atom. The van der Waals surface area contributed by atoms with Crippen LogP contribution in [0.25, 0.3) is 0 Å². The van der Waals surface area contributed by atoms with Crippen molar-refractivity contribution >= 4 is 29.1 Å². The van der Waals surface area contributed by atoms with Crippen LogP contribution < -0.4 is 10.2 Å². The zero-order chi connectivity index (χ0) is 14.1. The highest BCUT2D eigenvalue weighted by Crippen LogP contribution is 2.34. The average molecular weight is 311 g/mol. The lowest BCUT2D eigenvalue weighted by atomic mass is 10.1. The first-order valence-electron chi connectivity index (χ1n) is 7.55. The van der Waals surface area contributed by atoms with Gasteiger partial charge in [-0.1, -0.05) is 24.6 Å². The normalized spacial score (nSPS) is 26.9. The predicted molar refractivity (Wildman–Crippen MR) is 90.0 cm³/mol. The summed E-state index contributed by atoms with van der Waals surface area (Å²) in [6.45, 7) is 6.64. The van der Waals surface area contributed by atoms with E-state index in [0.29, 0.717) is 11.3 Å². The van der Waals surface area contributed by atoms with Crippen molar-refractivity contribution in [2.45, 2.75) is 50.6 Å². The summed E-state index contributed by atoms with van der Waals surface area (Å²) >= 11 is 8.59. The summed E-state index contributed by atoms with van der Waals surface area (Å²) in [4.78, 5) is 2.46. The molecule has 1 aromatic carbocycles. The van der Waals surface area contributed by atoms with Gasteiger partial charge in [0.2, 0.25) is 0 Å². The lowest BCUT2D eigenvalue weighted by Gasteiger charge is -2.39. The van der Waals surface area contributed by atoms with Gasteiger partial charge in [-0.3, -0.25) is 0 Å². The molecule has 0 radical (unpaired) electrons. The van der Waals surface area contributed by atoms with Crippen LogP contribution in [-0.4, -0.2) is 29.6 Å². The van der Waals surface area contributed by atoms with E-state index in [1.165, 1.54) is 29.8 Å². The minimum atomic E-state index is 0.543. The maximum atomic E-state index is 6.53. The molecular formula is C16H23ClN2S. The number of nitrogens with zero attached hydrogens (tertiary/aromatic N) is 1. The van der Waals surface area contributed by atoms with Crippen LogP contribution in [0.4, 0.5) is 5.69 Å². The highest BCUT2D eigenvalue weighted by Gasteiger charge is 2.26. The Morgan fingerprint density at radius 2 is 2.15 bits per heavy atom. The van der Waals surface area contributed by atoms with Crippen molar-refractivity contribution in [2.75, 3.05) is 17.2 Å². The summed E-state index contributed by atoms with van der Waals surface area (Å²) in [7, 11) is 0. The number of hydrogen-bond acceptors (Lipinski definition) is 3. The molecule has 2 nitrogen and oxygen atoms in total. The highest BCUT2D eigenvalue weighted by atomic mass is 35.5. The van der Waals surface area contributed by atoms with E-state index in [-0.39, 0.29) is 0 Å². The molecule has 1 aliphatic heterocycles. The number of halogens is 1.